The van der Waals surface area contributed by atoms with Crippen LogP contribution in [0.5, 0.6) is 0 Å². The van der Waals surface area contributed by atoms with E-state index in [1.807, 2.05) is 0 Å². The van der Waals surface area contributed by atoms with Gasteiger partial charge in [-0.25, -0.2) is 0 Å². The Morgan fingerprint density at radius 2 is 2.05 bits per heavy atom. The lowest BCUT2D eigenvalue weighted by Gasteiger charge is -2.41. The van der Waals surface area contributed by atoms with Gasteiger partial charge < -0.3 is 10.6 Å². The molecular weight excluding hydrogens is 250 g/mol. The molecule has 1 saturated carbocycles. The first-order valence-electron chi connectivity index (χ1n) is 8.43. The Bertz CT molecular complexity index is 317. The van der Waals surface area contributed by atoms with Gasteiger partial charge in [0.25, 0.3) is 0 Å². The molecule has 3 atom stereocenters. The molecule has 1 aliphatic heterocycles. The van der Waals surface area contributed by atoms with Gasteiger partial charge in [-0.05, 0) is 45.1 Å². The largest absolute Gasteiger partial charge is 0.352 e. The Kier molecular flexibility index (Phi) is 5.85. The van der Waals surface area contributed by atoms with Crippen molar-refractivity contribution in [2.75, 3.05) is 19.6 Å². The summed E-state index contributed by atoms with van der Waals surface area (Å²) in [5.74, 6) is 0.897. The summed E-state index contributed by atoms with van der Waals surface area (Å²) in [6.07, 6.45) is 5.88. The highest BCUT2D eigenvalue weighted by Crippen LogP contribution is 2.23. The molecule has 0 aromatic heterocycles. The number of piperidine rings is 1. The van der Waals surface area contributed by atoms with Crippen LogP contribution in [0.4, 0.5) is 0 Å². The molecule has 0 aromatic carbocycles. The highest BCUT2D eigenvalue weighted by Gasteiger charge is 2.33. The lowest BCUT2D eigenvalue weighted by Crippen LogP contribution is -2.55. The van der Waals surface area contributed by atoms with E-state index in [0.717, 1.165) is 19.6 Å². The van der Waals surface area contributed by atoms with Crippen LogP contribution in [-0.2, 0) is 4.79 Å². The molecule has 4 heteroatoms. The maximum Gasteiger partial charge on any atom is 0.237 e. The number of carbonyl (C=O) groups excluding carboxylic acids is 1. The van der Waals surface area contributed by atoms with E-state index in [1.54, 1.807) is 0 Å². The van der Waals surface area contributed by atoms with Crippen molar-refractivity contribution in [2.45, 2.75) is 71.0 Å². The van der Waals surface area contributed by atoms with Crippen LogP contribution in [0.15, 0.2) is 0 Å². The van der Waals surface area contributed by atoms with E-state index in [9.17, 15) is 4.79 Å². The van der Waals surface area contributed by atoms with Crippen molar-refractivity contribution in [3.63, 3.8) is 0 Å². The monoisotopic (exact) mass is 281 g/mol. The van der Waals surface area contributed by atoms with Gasteiger partial charge in [-0.2, -0.15) is 0 Å². The molecular formula is C16H31N3O. The average molecular weight is 281 g/mol. The van der Waals surface area contributed by atoms with Crippen LogP contribution in [0.2, 0.25) is 0 Å². The fourth-order valence-electron chi connectivity index (χ4n) is 3.14. The van der Waals surface area contributed by atoms with Gasteiger partial charge in [0.15, 0.2) is 0 Å². The number of likely N-dealkylation sites (tertiary alicyclic amines) is 1. The Morgan fingerprint density at radius 3 is 2.65 bits per heavy atom. The van der Waals surface area contributed by atoms with E-state index in [1.165, 1.54) is 32.1 Å². The smallest absolute Gasteiger partial charge is 0.237 e. The minimum atomic E-state index is 0.0248. The van der Waals surface area contributed by atoms with E-state index >= 15 is 0 Å². The predicted octanol–water partition coefficient (Wildman–Crippen LogP) is 1.75. The third-order valence-electron chi connectivity index (χ3n) is 4.80. The summed E-state index contributed by atoms with van der Waals surface area (Å²) in [5, 5.41) is 6.81. The highest BCUT2D eigenvalue weighted by atomic mass is 16.2. The molecule has 0 bridgehead atoms. The maximum atomic E-state index is 12.2. The van der Waals surface area contributed by atoms with Gasteiger partial charge in [0.1, 0.15) is 0 Å². The van der Waals surface area contributed by atoms with Crippen molar-refractivity contribution in [2.24, 2.45) is 5.92 Å². The van der Waals surface area contributed by atoms with Gasteiger partial charge in [-0.3, -0.25) is 9.69 Å². The van der Waals surface area contributed by atoms with Gasteiger partial charge in [-0.15, -0.1) is 0 Å². The molecule has 2 rings (SSSR count). The quantitative estimate of drug-likeness (QED) is 0.747. The summed E-state index contributed by atoms with van der Waals surface area (Å²) in [4.78, 5) is 14.5. The molecule has 1 heterocycles. The molecule has 1 amide bonds. The number of rotatable bonds is 7. The van der Waals surface area contributed by atoms with Crippen molar-refractivity contribution in [1.29, 1.82) is 0 Å². The zero-order valence-electron chi connectivity index (χ0n) is 13.3. The van der Waals surface area contributed by atoms with Crippen molar-refractivity contribution in [3.05, 3.63) is 0 Å². The Balaban J connectivity index is 1.82. The normalized spacial score (nSPS) is 29.1. The summed E-state index contributed by atoms with van der Waals surface area (Å²) < 4.78 is 0. The van der Waals surface area contributed by atoms with Crippen molar-refractivity contribution in [1.82, 2.24) is 15.5 Å². The summed E-state index contributed by atoms with van der Waals surface area (Å²) >= 11 is 0. The lowest BCUT2D eigenvalue weighted by atomic mass is 9.89. The van der Waals surface area contributed by atoms with Crippen LogP contribution in [0.25, 0.3) is 0 Å². The van der Waals surface area contributed by atoms with Gasteiger partial charge in [-0.1, -0.05) is 20.3 Å². The molecule has 1 aliphatic carbocycles. The standard InChI is InChI=1S/C16H31N3O/c1-4-9-17-15-8-10-19(11-13(15)5-2)12(3)16(20)18-14-6-7-14/h12-15,17H,4-11H2,1-3H3,(H,18,20). The second-order valence-corrected chi connectivity index (χ2v) is 6.47. The zero-order valence-corrected chi connectivity index (χ0v) is 13.3. The number of amides is 1. The highest BCUT2D eigenvalue weighted by molar-refractivity contribution is 5.81. The third kappa shape index (κ3) is 4.19. The first-order valence-corrected chi connectivity index (χ1v) is 8.43. The first kappa shape index (κ1) is 15.8. The van der Waals surface area contributed by atoms with Crippen LogP contribution >= 0.6 is 0 Å². The first-order chi connectivity index (χ1) is 9.65. The SMILES string of the molecule is CCCNC1CCN(C(C)C(=O)NC2CC2)CC1CC. The lowest BCUT2D eigenvalue weighted by molar-refractivity contribution is -0.126. The summed E-state index contributed by atoms with van der Waals surface area (Å²) in [6.45, 7) is 9.74. The Labute approximate surface area is 123 Å². The number of hydrogen-bond donors (Lipinski definition) is 2. The zero-order chi connectivity index (χ0) is 14.5. The van der Waals surface area contributed by atoms with Gasteiger partial charge in [0, 0.05) is 25.2 Å². The Morgan fingerprint density at radius 1 is 1.30 bits per heavy atom. The molecule has 0 spiro atoms. The van der Waals surface area contributed by atoms with Gasteiger partial charge >= 0.3 is 0 Å². The number of nitrogens with zero attached hydrogens (tertiary/aromatic N) is 1. The summed E-state index contributed by atoms with van der Waals surface area (Å²) in [7, 11) is 0. The third-order valence-corrected chi connectivity index (χ3v) is 4.80. The van der Waals surface area contributed by atoms with E-state index in [-0.39, 0.29) is 11.9 Å². The van der Waals surface area contributed by atoms with Crippen molar-refractivity contribution in [3.8, 4) is 0 Å². The second-order valence-electron chi connectivity index (χ2n) is 6.47. The number of nitrogens with one attached hydrogen (secondary N) is 2. The predicted molar refractivity (Wildman–Crippen MR) is 82.7 cm³/mol. The molecule has 116 valence electrons. The number of carbonyl (C=O) groups is 1. The topological polar surface area (TPSA) is 44.4 Å². The van der Waals surface area contributed by atoms with Crippen molar-refractivity contribution < 1.29 is 4.79 Å². The fourth-order valence-corrected chi connectivity index (χ4v) is 3.14. The molecule has 2 fully saturated rings. The van der Waals surface area contributed by atoms with Crippen LogP contribution in [0.3, 0.4) is 0 Å². The van der Waals surface area contributed by atoms with Crippen LogP contribution in [0.1, 0.15) is 52.9 Å². The Hall–Kier alpha value is -0.610. The molecule has 1 saturated heterocycles. The van der Waals surface area contributed by atoms with Gasteiger partial charge in [0.2, 0.25) is 5.91 Å². The van der Waals surface area contributed by atoms with Crippen LogP contribution < -0.4 is 10.6 Å². The molecule has 0 radical (unpaired) electrons. The summed E-state index contributed by atoms with van der Waals surface area (Å²) in [5.41, 5.74) is 0. The fraction of sp³-hybridized carbons (Fsp3) is 0.938. The molecule has 2 aliphatic rings. The van der Waals surface area contributed by atoms with Gasteiger partial charge in [0.05, 0.1) is 6.04 Å². The molecule has 0 aromatic rings. The maximum absolute atomic E-state index is 12.2. The van der Waals surface area contributed by atoms with E-state index in [2.05, 4.69) is 36.3 Å². The minimum Gasteiger partial charge on any atom is -0.352 e. The minimum absolute atomic E-state index is 0.0248. The summed E-state index contributed by atoms with van der Waals surface area (Å²) in [6, 6.07) is 1.13. The number of hydrogen-bond acceptors (Lipinski definition) is 3. The average Bonchev–Trinajstić information content (AvgIpc) is 3.27. The van der Waals surface area contributed by atoms with Crippen LogP contribution in [0, 0.1) is 5.92 Å². The van der Waals surface area contributed by atoms with E-state index in [0.29, 0.717) is 18.0 Å². The van der Waals surface area contributed by atoms with Crippen LogP contribution in [-0.4, -0.2) is 48.6 Å². The second kappa shape index (κ2) is 7.41. The van der Waals surface area contributed by atoms with Crippen molar-refractivity contribution >= 4 is 5.91 Å². The molecule has 3 unspecified atom stereocenters. The molecule has 4 nitrogen and oxygen atoms in total. The van der Waals surface area contributed by atoms with E-state index < -0.39 is 0 Å². The molecule has 2 N–H and O–H groups in total. The van der Waals surface area contributed by atoms with E-state index in [4.69, 9.17) is 0 Å². The molecule has 20 heavy (non-hydrogen) atoms.